The average Bonchev–Trinajstić information content (AvgIpc) is 2.65. The Bertz CT molecular complexity index is 412. The lowest BCUT2D eigenvalue weighted by Crippen LogP contribution is -2.17. The zero-order valence-electron chi connectivity index (χ0n) is 11.3. The van der Waals surface area contributed by atoms with Gasteiger partial charge in [-0.2, -0.15) is 5.10 Å². The minimum absolute atomic E-state index is 0.0171. The minimum atomic E-state index is -0.0171. The van der Waals surface area contributed by atoms with Crippen molar-refractivity contribution in [1.29, 1.82) is 0 Å². The molecule has 0 aromatic carbocycles. The van der Waals surface area contributed by atoms with Gasteiger partial charge in [-0.25, -0.2) is 0 Å². The number of carbonyl (C=O) groups is 1. The lowest BCUT2D eigenvalue weighted by Gasteiger charge is -2.16. The molecular weight excluding hydrogens is 228 g/mol. The van der Waals surface area contributed by atoms with Crippen LogP contribution in [0.5, 0.6) is 5.75 Å². The van der Waals surface area contributed by atoms with Crippen LogP contribution < -0.4 is 4.74 Å². The topological polar surface area (TPSA) is 44.1 Å². The van der Waals surface area contributed by atoms with E-state index in [1.165, 1.54) is 0 Å². The van der Waals surface area contributed by atoms with Crippen LogP contribution in [0.15, 0.2) is 6.20 Å². The Labute approximate surface area is 108 Å². The van der Waals surface area contributed by atoms with Crippen LogP contribution in [-0.2, 0) is 11.3 Å². The average molecular weight is 250 g/mol. The molecule has 4 nitrogen and oxygen atoms in total. The van der Waals surface area contributed by atoms with Gasteiger partial charge in [0.1, 0.15) is 5.78 Å². The number of Topliss-reactive ketones (excluding diaryl/α,β-unsaturated/α-hetero) is 1. The second-order valence-electron chi connectivity index (χ2n) is 4.94. The second kappa shape index (κ2) is 6.03. The third kappa shape index (κ3) is 2.57. The van der Waals surface area contributed by atoms with Gasteiger partial charge in [-0.15, -0.1) is 0 Å². The lowest BCUT2D eigenvalue weighted by atomic mass is 9.94. The molecule has 1 aliphatic carbocycles. The maximum absolute atomic E-state index is 12.2. The number of aromatic nitrogens is 2. The molecule has 1 aliphatic rings. The first kappa shape index (κ1) is 13.1. The molecule has 1 atom stereocenters. The number of aryl methyl sites for hydroxylation is 1. The quantitative estimate of drug-likeness (QED) is 0.772. The third-order valence-electron chi connectivity index (χ3n) is 3.63. The van der Waals surface area contributed by atoms with Gasteiger partial charge in [0.05, 0.1) is 24.9 Å². The van der Waals surface area contributed by atoms with E-state index in [4.69, 9.17) is 4.74 Å². The number of rotatable bonds is 4. The van der Waals surface area contributed by atoms with Gasteiger partial charge >= 0.3 is 0 Å². The first-order chi connectivity index (χ1) is 8.77. The van der Waals surface area contributed by atoms with Gasteiger partial charge < -0.3 is 4.74 Å². The molecule has 1 heterocycles. The minimum Gasteiger partial charge on any atom is -0.493 e. The molecule has 0 N–H and O–H groups in total. The van der Waals surface area contributed by atoms with E-state index in [9.17, 15) is 4.79 Å². The molecule has 1 unspecified atom stereocenters. The molecule has 4 heteroatoms. The summed E-state index contributed by atoms with van der Waals surface area (Å²) in [6, 6.07) is 0. The maximum atomic E-state index is 12.2. The molecule has 1 saturated carbocycles. The van der Waals surface area contributed by atoms with Crippen molar-refractivity contribution in [1.82, 2.24) is 9.78 Å². The molecule has 0 aliphatic heterocycles. The van der Waals surface area contributed by atoms with Crippen molar-refractivity contribution in [2.24, 2.45) is 0 Å². The van der Waals surface area contributed by atoms with Crippen LogP contribution in [0.3, 0.4) is 0 Å². The van der Waals surface area contributed by atoms with Gasteiger partial charge in [-0.3, -0.25) is 9.48 Å². The lowest BCUT2D eigenvalue weighted by molar-refractivity contribution is -0.120. The van der Waals surface area contributed by atoms with Crippen LogP contribution >= 0.6 is 0 Å². The van der Waals surface area contributed by atoms with E-state index < -0.39 is 0 Å². The van der Waals surface area contributed by atoms with Crippen LogP contribution in [0, 0.1) is 0 Å². The van der Waals surface area contributed by atoms with Crippen LogP contribution in [-0.4, -0.2) is 22.7 Å². The first-order valence-corrected chi connectivity index (χ1v) is 6.90. The van der Waals surface area contributed by atoms with E-state index in [0.29, 0.717) is 12.2 Å². The van der Waals surface area contributed by atoms with E-state index in [1.54, 1.807) is 13.3 Å². The molecule has 1 aromatic rings. The summed E-state index contributed by atoms with van der Waals surface area (Å²) in [6.45, 7) is 2.97. The van der Waals surface area contributed by atoms with Gasteiger partial charge in [0.15, 0.2) is 5.75 Å². The zero-order valence-corrected chi connectivity index (χ0v) is 11.3. The number of hydrogen-bond donors (Lipinski definition) is 0. The first-order valence-electron chi connectivity index (χ1n) is 6.90. The summed E-state index contributed by atoms with van der Waals surface area (Å²) in [7, 11) is 1.65. The van der Waals surface area contributed by atoms with Gasteiger partial charge in [0, 0.05) is 13.0 Å². The van der Waals surface area contributed by atoms with Gasteiger partial charge in [0.25, 0.3) is 0 Å². The highest BCUT2D eigenvalue weighted by Gasteiger charge is 2.28. The number of nitrogens with zero attached hydrogens (tertiary/aromatic N) is 2. The Morgan fingerprint density at radius 1 is 1.44 bits per heavy atom. The molecule has 100 valence electrons. The smallest absolute Gasteiger partial charge is 0.160 e. The molecule has 1 fully saturated rings. The summed E-state index contributed by atoms with van der Waals surface area (Å²) >= 11 is 0. The largest absolute Gasteiger partial charge is 0.493 e. The monoisotopic (exact) mass is 250 g/mol. The highest BCUT2D eigenvalue weighted by Crippen LogP contribution is 2.34. The SMILES string of the molecule is CCCn1ncc(OC)c1C1CCCCCC1=O. The highest BCUT2D eigenvalue weighted by molar-refractivity contribution is 5.86. The molecule has 0 bridgehead atoms. The van der Waals surface area contributed by atoms with E-state index in [0.717, 1.165) is 50.1 Å². The van der Waals surface area contributed by atoms with Crippen molar-refractivity contribution >= 4 is 5.78 Å². The summed E-state index contributed by atoms with van der Waals surface area (Å²) in [4.78, 5) is 12.2. The number of ether oxygens (including phenoxy) is 1. The van der Waals surface area contributed by atoms with Crippen molar-refractivity contribution in [3.05, 3.63) is 11.9 Å². The van der Waals surface area contributed by atoms with Crippen molar-refractivity contribution in [3.8, 4) is 5.75 Å². The predicted molar refractivity (Wildman–Crippen MR) is 69.9 cm³/mol. The Balaban J connectivity index is 2.33. The summed E-state index contributed by atoms with van der Waals surface area (Å²) in [5.74, 6) is 1.10. The molecule has 0 amide bonds. The molecular formula is C14H22N2O2. The second-order valence-corrected chi connectivity index (χ2v) is 4.94. The van der Waals surface area contributed by atoms with Crippen LogP contribution in [0.4, 0.5) is 0 Å². The van der Waals surface area contributed by atoms with E-state index in [2.05, 4.69) is 12.0 Å². The fourth-order valence-electron chi connectivity index (χ4n) is 2.73. The van der Waals surface area contributed by atoms with Gasteiger partial charge in [0.2, 0.25) is 0 Å². The van der Waals surface area contributed by atoms with E-state index in [1.807, 2.05) is 4.68 Å². The molecule has 2 rings (SSSR count). The number of hydrogen-bond acceptors (Lipinski definition) is 3. The summed E-state index contributed by atoms with van der Waals surface area (Å²) < 4.78 is 7.33. The van der Waals surface area contributed by atoms with Gasteiger partial charge in [-0.05, 0) is 19.3 Å². The van der Waals surface area contributed by atoms with Crippen molar-refractivity contribution in [2.45, 2.75) is 57.9 Å². The Morgan fingerprint density at radius 3 is 3.00 bits per heavy atom. The van der Waals surface area contributed by atoms with Crippen LogP contribution in [0.25, 0.3) is 0 Å². The zero-order chi connectivity index (χ0) is 13.0. The van der Waals surface area contributed by atoms with E-state index in [-0.39, 0.29) is 5.92 Å². The molecule has 0 saturated heterocycles. The summed E-state index contributed by atoms with van der Waals surface area (Å²) in [5, 5.41) is 4.36. The fraction of sp³-hybridized carbons (Fsp3) is 0.714. The molecule has 18 heavy (non-hydrogen) atoms. The molecule has 0 spiro atoms. The molecule has 1 aromatic heterocycles. The van der Waals surface area contributed by atoms with Crippen LogP contribution in [0.2, 0.25) is 0 Å². The third-order valence-corrected chi connectivity index (χ3v) is 3.63. The van der Waals surface area contributed by atoms with Crippen molar-refractivity contribution in [2.75, 3.05) is 7.11 Å². The standard InChI is InChI=1S/C14H22N2O2/c1-3-9-16-14(13(18-2)10-15-16)11-7-5-4-6-8-12(11)17/h10-11H,3-9H2,1-2H3. The predicted octanol–water partition coefficient (Wildman–Crippen LogP) is 2.92. The maximum Gasteiger partial charge on any atom is 0.160 e. The summed E-state index contributed by atoms with van der Waals surface area (Å²) in [6.07, 6.45) is 7.69. The van der Waals surface area contributed by atoms with Gasteiger partial charge in [-0.1, -0.05) is 19.8 Å². The summed E-state index contributed by atoms with van der Waals surface area (Å²) in [5.41, 5.74) is 0.992. The Hall–Kier alpha value is -1.32. The number of ketones is 1. The van der Waals surface area contributed by atoms with Crippen LogP contribution in [0.1, 0.15) is 57.1 Å². The fourth-order valence-corrected chi connectivity index (χ4v) is 2.73. The Kier molecular flexibility index (Phi) is 4.39. The van der Waals surface area contributed by atoms with Crippen molar-refractivity contribution < 1.29 is 9.53 Å². The number of methoxy groups -OCH3 is 1. The Morgan fingerprint density at radius 2 is 2.28 bits per heavy atom. The highest BCUT2D eigenvalue weighted by atomic mass is 16.5. The number of carbonyl (C=O) groups excluding carboxylic acids is 1. The normalized spacial score (nSPS) is 20.8. The van der Waals surface area contributed by atoms with Crippen molar-refractivity contribution in [3.63, 3.8) is 0 Å². The van der Waals surface area contributed by atoms with E-state index >= 15 is 0 Å². The molecule has 0 radical (unpaired) electrons.